The van der Waals surface area contributed by atoms with E-state index in [4.69, 9.17) is 22.2 Å². The van der Waals surface area contributed by atoms with Crippen LogP contribution in [0.4, 0.5) is 16.2 Å². The first-order chi connectivity index (χ1) is 16.3. The minimum absolute atomic E-state index is 0.0321. The van der Waals surface area contributed by atoms with Crippen LogP contribution in [-0.4, -0.2) is 33.1 Å². The fourth-order valence-electron chi connectivity index (χ4n) is 4.73. The second-order valence-electron chi connectivity index (χ2n) is 8.57. The van der Waals surface area contributed by atoms with Crippen molar-refractivity contribution >= 4 is 28.7 Å². The molecule has 9 heteroatoms. The summed E-state index contributed by atoms with van der Waals surface area (Å²) in [5.74, 6) is -0.990. The van der Waals surface area contributed by atoms with Crippen molar-refractivity contribution in [2.24, 2.45) is 11.5 Å². The van der Waals surface area contributed by atoms with E-state index in [-0.39, 0.29) is 17.7 Å². The lowest BCUT2D eigenvalue weighted by Crippen LogP contribution is -2.64. The highest BCUT2D eigenvalue weighted by Crippen LogP contribution is 2.43. The maximum atomic E-state index is 13.4. The first-order valence-electron chi connectivity index (χ1n) is 10.9. The zero-order valence-electron chi connectivity index (χ0n) is 18.6. The van der Waals surface area contributed by atoms with Crippen molar-refractivity contribution in [1.29, 1.82) is 0 Å². The molecule has 0 spiro atoms. The number of nitrogen functional groups attached to an aromatic ring is 1. The molecular formula is C25H24FN7O. The van der Waals surface area contributed by atoms with Crippen molar-refractivity contribution < 1.29 is 9.18 Å². The maximum absolute atomic E-state index is 13.4. The predicted octanol–water partition coefficient (Wildman–Crippen LogP) is 2.86. The van der Waals surface area contributed by atoms with E-state index in [1.165, 1.54) is 12.1 Å². The quantitative estimate of drug-likeness (QED) is 0.428. The van der Waals surface area contributed by atoms with Gasteiger partial charge in [0.25, 0.3) is 5.91 Å². The molecule has 4 aromatic rings. The molecule has 2 aromatic heterocycles. The van der Waals surface area contributed by atoms with Crippen molar-refractivity contribution in [3.63, 3.8) is 0 Å². The van der Waals surface area contributed by atoms with Gasteiger partial charge in [-0.2, -0.15) is 4.98 Å². The fourth-order valence-corrected chi connectivity index (χ4v) is 4.73. The number of carbonyl (C=O) groups is 1. The number of nitrogens with two attached hydrogens (primary N) is 3. The van der Waals surface area contributed by atoms with Crippen LogP contribution in [0.1, 0.15) is 23.5 Å². The normalized spacial score (nSPS) is 20.1. The summed E-state index contributed by atoms with van der Waals surface area (Å²) in [6, 6.07) is 17.4. The van der Waals surface area contributed by atoms with E-state index in [1.54, 1.807) is 29.2 Å². The number of pyridine rings is 1. The molecule has 1 saturated heterocycles. The molecule has 0 aliphatic carbocycles. The first-order valence-corrected chi connectivity index (χ1v) is 10.9. The minimum Gasteiger partial charge on any atom is -0.368 e. The Morgan fingerprint density at radius 3 is 2.56 bits per heavy atom. The Morgan fingerprint density at radius 1 is 1.09 bits per heavy atom. The van der Waals surface area contributed by atoms with Gasteiger partial charge in [0.05, 0.1) is 11.2 Å². The number of rotatable bonds is 4. The lowest BCUT2D eigenvalue weighted by atomic mass is 9.85. The fraction of sp³-hybridized carbons (Fsp3) is 0.200. The maximum Gasteiger partial charge on any atom is 0.258 e. The number of primary amides is 1. The van der Waals surface area contributed by atoms with Crippen LogP contribution in [0, 0.1) is 12.7 Å². The van der Waals surface area contributed by atoms with Gasteiger partial charge in [0.15, 0.2) is 11.5 Å². The Bertz CT molecular complexity index is 1410. The zero-order valence-corrected chi connectivity index (χ0v) is 18.6. The van der Waals surface area contributed by atoms with Gasteiger partial charge in [-0.05, 0) is 55.3 Å². The molecule has 1 fully saturated rings. The molecule has 1 aliphatic heterocycles. The largest absolute Gasteiger partial charge is 0.368 e. The van der Waals surface area contributed by atoms with E-state index < -0.39 is 11.6 Å². The van der Waals surface area contributed by atoms with E-state index in [0.29, 0.717) is 35.5 Å². The smallest absolute Gasteiger partial charge is 0.258 e. The van der Waals surface area contributed by atoms with Crippen molar-refractivity contribution in [3.8, 4) is 11.3 Å². The summed E-state index contributed by atoms with van der Waals surface area (Å²) in [5.41, 5.74) is 21.4. The van der Waals surface area contributed by atoms with Crippen molar-refractivity contribution in [2.45, 2.75) is 24.9 Å². The molecule has 2 atom stereocenters. The Hall–Kier alpha value is -4.11. The van der Waals surface area contributed by atoms with Gasteiger partial charge in [-0.3, -0.25) is 4.79 Å². The molecule has 1 amide bonds. The molecule has 5 rings (SSSR count). The van der Waals surface area contributed by atoms with Crippen molar-refractivity contribution in [3.05, 3.63) is 77.6 Å². The lowest BCUT2D eigenvalue weighted by molar-refractivity contribution is -0.123. The molecule has 0 saturated carbocycles. The number of amides is 1. The average Bonchev–Trinajstić information content (AvgIpc) is 3.17. The predicted molar refractivity (Wildman–Crippen MR) is 129 cm³/mol. The van der Waals surface area contributed by atoms with Gasteiger partial charge in [0, 0.05) is 18.0 Å². The second kappa shape index (κ2) is 8.03. The second-order valence-corrected chi connectivity index (χ2v) is 8.57. The van der Waals surface area contributed by atoms with Crippen LogP contribution in [0.3, 0.4) is 0 Å². The van der Waals surface area contributed by atoms with Gasteiger partial charge < -0.3 is 22.1 Å². The molecular weight excluding hydrogens is 433 g/mol. The third kappa shape index (κ3) is 3.50. The Kier molecular flexibility index (Phi) is 5.13. The van der Waals surface area contributed by atoms with Crippen molar-refractivity contribution in [2.75, 3.05) is 17.2 Å². The molecule has 34 heavy (non-hydrogen) atoms. The van der Waals surface area contributed by atoms with E-state index in [0.717, 1.165) is 16.7 Å². The Morgan fingerprint density at radius 2 is 1.85 bits per heavy atom. The van der Waals surface area contributed by atoms with Crippen LogP contribution in [-0.2, 0) is 4.79 Å². The minimum atomic E-state index is -1.55. The molecule has 2 unspecified atom stereocenters. The standard InChI is InChI=1S/C25H24FN7O/c1-14-3-2-4-16(13-14)18-11-12-33(25(18,29)23(27)34)22-21-20(31-24(28)32-22)10-9-19(30-21)15-5-7-17(26)8-6-15/h2-10,13,18H,11-12,29H2,1H3,(H2,27,34)(H2,28,31,32). The Labute approximate surface area is 195 Å². The molecule has 8 nitrogen and oxygen atoms in total. The van der Waals surface area contributed by atoms with Crippen molar-refractivity contribution in [1.82, 2.24) is 15.0 Å². The van der Waals surface area contributed by atoms with E-state index in [2.05, 4.69) is 9.97 Å². The molecule has 0 bridgehead atoms. The lowest BCUT2D eigenvalue weighted by Gasteiger charge is -2.37. The molecule has 0 radical (unpaired) electrons. The van der Waals surface area contributed by atoms with Gasteiger partial charge >= 0.3 is 0 Å². The number of fused-ring (bicyclic) bond motifs is 1. The topological polar surface area (TPSA) is 137 Å². The van der Waals surface area contributed by atoms with Crippen LogP contribution in [0.5, 0.6) is 0 Å². The van der Waals surface area contributed by atoms with Gasteiger partial charge in [0.1, 0.15) is 11.3 Å². The number of aryl methyl sites for hydroxylation is 1. The molecule has 172 valence electrons. The van der Waals surface area contributed by atoms with Gasteiger partial charge in [-0.1, -0.05) is 29.8 Å². The summed E-state index contributed by atoms with van der Waals surface area (Å²) in [5, 5.41) is 0. The van der Waals surface area contributed by atoms with Gasteiger partial charge in [-0.15, -0.1) is 0 Å². The number of nitrogens with zero attached hydrogens (tertiary/aromatic N) is 4. The van der Waals surface area contributed by atoms with Crippen LogP contribution >= 0.6 is 0 Å². The number of halogens is 1. The molecule has 6 N–H and O–H groups in total. The summed E-state index contributed by atoms with van der Waals surface area (Å²) in [7, 11) is 0. The summed E-state index contributed by atoms with van der Waals surface area (Å²) in [6.45, 7) is 2.41. The number of anilines is 2. The summed E-state index contributed by atoms with van der Waals surface area (Å²) in [4.78, 5) is 28.0. The Balaban J connectivity index is 1.67. The first kappa shape index (κ1) is 21.7. The van der Waals surface area contributed by atoms with Crippen LogP contribution in [0.15, 0.2) is 60.7 Å². The number of benzene rings is 2. The third-order valence-electron chi connectivity index (χ3n) is 6.40. The molecule has 3 heterocycles. The monoisotopic (exact) mass is 457 g/mol. The van der Waals surface area contributed by atoms with Crippen LogP contribution in [0.25, 0.3) is 22.3 Å². The summed E-state index contributed by atoms with van der Waals surface area (Å²) < 4.78 is 13.4. The van der Waals surface area contributed by atoms with Crippen LogP contribution < -0.4 is 22.1 Å². The van der Waals surface area contributed by atoms with Gasteiger partial charge in [0.2, 0.25) is 5.95 Å². The van der Waals surface area contributed by atoms with Crippen LogP contribution in [0.2, 0.25) is 0 Å². The van der Waals surface area contributed by atoms with E-state index in [9.17, 15) is 9.18 Å². The molecule has 2 aromatic carbocycles. The highest BCUT2D eigenvalue weighted by molar-refractivity contribution is 5.95. The summed E-state index contributed by atoms with van der Waals surface area (Å²) >= 11 is 0. The number of aromatic nitrogens is 3. The van der Waals surface area contributed by atoms with Gasteiger partial charge in [-0.25, -0.2) is 14.4 Å². The average molecular weight is 458 g/mol. The highest BCUT2D eigenvalue weighted by Gasteiger charge is 2.52. The number of carbonyl (C=O) groups excluding carboxylic acids is 1. The SMILES string of the molecule is Cc1cccc(C2CCN(c3nc(N)nc4ccc(-c5ccc(F)cc5)nc34)C2(N)C(N)=O)c1. The molecule has 1 aliphatic rings. The third-order valence-corrected chi connectivity index (χ3v) is 6.40. The number of hydrogen-bond acceptors (Lipinski definition) is 7. The number of hydrogen-bond donors (Lipinski definition) is 3. The zero-order chi connectivity index (χ0) is 24.0. The van der Waals surface area contributed by atoms with E-state index in [1.807, 2.05) is 31.2 Å². The van der Waals surface area contributed by atoms with E-state index >= 15 is 0 Å². The summed E-state index contributed by atoms with van der Waals surface area (Å²) in [6.07, 6.45) is 0.589. The highest BCUT2D eigenvalue weighted by atomic mass is 19.1.